The van der Waals surface area contributed by atoms with Gasteiger partial charge in [0.1, 0.15) is 0 Å². The van der Waals surface area contributed by atoms with Gasteiger partial charge >= 0.3 is 0 Å². The highest BCUT2D eigenvalue weighted by Crippen LogP contribution is 2.38. The first-order valence-corrected chi connectivity index (χ1v) is 12.2. The summed E-state index contributed by atoms with van der Waals surface area (Å²) in [6, 6.07) is 19.7. The van der Waals surface area contributed by atoms with Crippen molar-refractivity contribution in [3.63, 3.8) is 0 Å². The highest BCUT2D eigenvalue weighted by molar-refractivity contribution is 7.09. The van der Waals surface area contributed by atoms with Crippen LogP contribution in [0, 0.1) is 0 Å². The minimum atomic E-state index is -0.521. The monoisotopic (exact) mass is 457 g/mol. The molecule has 3 N–H and O–H groups in total. The van der Waals surface area contributed by atoms with Crippen molar-refractivity contribution < 1.29 is 10.0 Å². The van der Waals surface area contributed by atoms with Crippen LogP contribution in [0.25, 0.3) is 17.0 Å². The fraction of sp³-hybridized carbons (Fsp3) is 0.222. The summed E-state index contributed by atoms with van der Waals surface area (Å²) < 4.78 is 0. The first kappa shape index (κ1) is 21.6. The van der Waals surface area contributed by atoms with E-state index in [-0.39, 0.29) is 0 Å². The number of amides is 1. The quantitative estimate of drug-likeness (QED) is 0.186. The molecule has 168 valence electrons. The Morgan fingerprint density at radius 2 is 2.12 bits per heavy atom. The number of aromatic nitrogens is 1. The second-order valence-electron chi connectivity index (χ2n) is 8.48. The van der Waals surface area contributed by atoms with Gasteiger partial charge in [0, 0.05) is 47.2 Å². The van der Waals surface area contributed by atoms with Gasteiger partial charge in [0.25, 0.3) is 5.91 Å². The molecule has 0 bridgehead atoms. The Labute approximate surface area is 197 Å². The number of H-pyrrole nitrogens is 1. The predicted molar refractivity (Wildman–Crippen MR) is 133 cm³/mol. The number of benzene rings is 2. The Kier molecular flexibility index (Phi) is 6.39. The van der Waals surface area contributed by atoms with E-state index in [9.17, 15) is 4.79 Å². The van der Waals surface area contributed by atoms with Crippen LogP contribution in [0.3, 0.4) is 0 Å². The van der Waals surface area contributed by atoms with E-state index in [4.69, 9.17) is 5.21 Å². The maximum atomic E-state index is 11.3. The lowest BCUT2D eigenvalue weighted by atomic mass is 10.0. The van der Waals surface area contributed by atoms with Gasteiger partial charge in [-0.3, -0.25) is 14.9 Å². The van der Waals surface area contributed by atoms with Crippen molar-refractivity contribution in [2.45, 2.75) is 31.8 Å². The number of nitrogens with one attached hydrogen (secondary N) is 2. The maximum absolute atomic E-state index is 11.3. The smallest absolute Gasteiger partial charge is 0.267 e. The lowest BCUT2D eigenvalue weighted by molar-refractivity contribution is -0.124. The summed E-state index contributed by atoms with van der Waals surface area (Å²) in [6.45, 7) is 1.94. The highest BCUT2D eigenvalue weighted by atomic mass is 32.1. The molecule has 0 saturated carbocycles. The summed E-state index contributed by atoms with van der Waals surface area (Å²) in [7, 11) is 0. The van der Waals surface area contributed by atoms with E-state index < -0.39 is 5.91 Å². The number of hydrogen-bond donors (Lipinski definition) is 3. The van der Waals surface area contributed by atoms with Crippen LogP contribution >= 0.6 is 11.3 Å². The van der Waals surface area contributed by atoms with Gasteiger partial charge in [0.2, 0.25) is 0 Å². The van der Waals surface area contributed by atoms with Gasteiger partial charge in [-0.15, -0.1) is 11.3 Å². The van der Waals surface area contributed by atoms with Crippen molar-refractivity contribution in [2.75, 3.05) is 6.54 Å². The number of thiophene rings is 1. The summed E-state index contributed by atoms with van der Waals surface area (Å²) in [5.41, 5.74) is 7.89. The third-order valence-corrected chi connectivity index (χ3v) is 7.33. The van der Waals surface area contributed by atoms with Crippen LogP contribution < -0.4 is 5.48 Å². The number of carbonyl (C=O) groups excluding carboxylic acids is 1. The van der Waals surface area contributed by atoms with Gasteiger partial charge < -0.3 is 4.98 Å². The van der Waals surface area contributed by atoms with Crippen LogP contribution in [-0.2, 0) is 24.2 Å². The van der Waals surface area contributed by atoms with Gasteiger partial charge in [0.05, 0.1) is 0 Å². The van der Waals surface area contributed by atoms with E-state index in [1.165, 1.54) is 38.5 Å². The minimum absolute atomic E-state index is 0.381. The molecule has 0 aliphatic heterocycles. The van der Waals surface area contributed by atoms with E-state index in [0.717, 1.165) is 37.9 Å². The molecule has 1 aliphatic carbocycles. The van der Waals surface area contributed by atoms with Crippen LogP contribution in [0.5, 0.6) is 0 Å². The van der Waals surface area contributed by atoms with Gasteiger partial charge in [-0.2, -0.15) is 0 Å². The minimum Gasteiger partial charge on any atom is -0.361 e. The Bertz CT molecular complexity index is 1280. The van der Waals surface area contributed by atoms with Gasteiger partial charge in [-0.1, -0.05) is 42.5 Å². The number of hydroxylamine groups is 1. The normalized spacial score (nSPS) is 15.5. The van der Waals surface area contributed by atoms with Gasteiger partial charge in [0.15, 0.2) is 0 Å². The lowest BCUT2D eigenvalue weighted by Crippen LogP contribution is -2.29. The molecule has 33 heavy (non-hydrogen) atoms. The van der Waals surface area contributed by atoms with E-state index in [0.29, 0.717) is 6.04 Å². The van der Waals surface area contributed by atoms with E-state index in [1.807, 2.05) is 11.3 Å². The van der Waals surface area contributed by atoms with Crippen molar-refractivity contribution in [2.24, 2.45) is 0 Å². The Morgan fingerprint density at radius 3 is 2.97 bits per heavy atom. The highest BCUT2D eigenvalue weighted by Gasteiger charge is 2.28. The Hall–Kier alpha value is -3.19. The second kappa shape index (κ2) is 9.75. The number of fused-ring (bicyclic) bond motifs is 2. The molecule has 5 nitrogen and oxygen atoms in total. The average molecular weight is 458 g/mol. The van der Waals surface area contributed by atoms with Crippen molar-refractivity contribution in [1.82, 2.24) is 15.4 Å². The molecule has 2 heterocycles. The summed E-state index contributed by atoms with van der Waals surface area (Å²) in [4.78, 5) is 18.7. The number of rotatable bonds is 8. The number of aryl methyl sites for hydroxylation is 1. The molecule has 2 aromatic heterocycles. The lowest BCUT2D eigenvalue weighted by Gasteiger charge is -2.29. The molecule has 1 unspecified atom stereocenters. The second-order valence-corrected chi connectivity index (χ2v) is 9.51. The predicted octanol–water partition coefficient (Wildman–Crippen LogP) is 5.48. The Morgan fingerprint density at radius 1 is 1.21 bits per heavy atom. The molecule has 5 rings (SSSR count). The van der Waals surface area contributed by atoms with Gasteiger partial charge in [-0.05, 0) is 65.1 Å². The van der Waals surface area contributed by atoms with Crippen molar-refractivity contribution >= 4 is 34.2 Å². The summed E-state index contributed by atoms with van der Waals surface area (Å²) in [5, 5.41) is 12.1. The van der Waals surface area contributed by atoms with Crippen LogP contribution in [0.2, 0.25) is 0 Å². The molecule has 0 spiro atoms. The van der Waals surface area contributed by atoms with Crippen molar-refractivity contribution in [3.8, 4) is 0 Å². The molecule has 1 atom stereocenters. The fourth-order valence-electron chi connectivity index (χ4n) is 4.86. The summed E-state index contributed by atoms with van der Waals surface area (Å²) >= 11 is 1.82. The fourth-order valence-corrected chi connectivity index (χ4v) is 5.59. The summed E-state index contributed by atoms with van der Waals surface area (Å²) in [5.74, 6) is -0.521. The number of hydrogen-bond acceptors (Lipinski definition) is 4. The first-order chi connectivity index (χ1) is 16.2. The van der Waals surface area contributed by atoms with Gasteiger partial charge in [-0.25, -0.2) is 5.48 Å². The standard InChI is InChI=1S/C27H27N3O2S/c31-27(29-32)12-8-19-7-10-24-20(16-19)9-11-26(24)30(18-22-4-3-15-33-22)14-13-21-17-28-25-6-2-1-5-23(21)25/h1-8,10,12,15-17,26,28,32H,9,11,13-14,18H2,(H,29,31). The molecule has 1 amide bonds. The number of nitrogens with zero attached hydrogens (tertiary/aromatic N) is 1. The van der Waals surface area contributed by atoms with Crippen LogP contribution in [0.15, 0.2) is 72.3 Å². The maximum Gasteiger partial charge on any atom is 0.267 e. The molecule has 0 radical (unpaired) electrons. The third-order valence-electron chi connectivity index (χ3n) is 6.47. The molecule has 2 aromatic carbocycles. The molecule has 6 heteroatoms. The topological polar surface area (TPSA) is 68.4 Å². The molecule has 4 aromatic rings. The van der Waals surface area contributed by atoms with Crippen LogP contribution in [0.1, 0.15) is 39.6 Å². The zero-order valence-electron chi connectivity index (χ0n) is 18.3. The first-order valence-electron chi connectivity index (χ1n) is 11.3. The zero-order valence-corrected chi connectivity index (χ0v) is 19.1. The average Bonchev–Trinajstić information content (AvgIpc) is 3.60. The molecule has 0 saturated heterocycles. The molecular formula is C27H27N3O2S. The molecule has 1 aliphatic rings. The van der Waals surface area contributed by atoms with Crippen molar-refractivity contribution in [1.29, 1.82) is 0 Å². The van der Waals surface area contributed by atoms with E-state index >= 15 is 0 Å². The summed E-state index contributed by atoms with van der Waals surface area (Å²) in [6.07, 6.45) is 8.36. The number of carbonyl (C=O) groups is 1. The Balaban J connectivity index is 1.37. The van der Waals surface area contributed by atoms with E-state index in [2.05, 4.69) is 76.1 Å². The van der Waals surface area contributed by atoms with Crippen molar-refractivity contribution in [3.05, 3.63) is 99.4 Å². The van der Waals surface area contributed by atoms with Crippen LogP contribution in [0.4, 0.5) is 0 Å². The zero-order chi connectivity index (χ0) is 22.6. The van der Waals surface area contributed by atoms with Crippen LogP contribution in [-0.4, -0.2) is 27.5 Å². The number of aromatic amines is 1. The molecule has 0 fully saturated rings. The van der Waals surface area contributed by atoms with E-state index in [1.54, 1.807) is 11.6 Å². The third kappa shape index (κ3) is 4.78. The molecular weight excluding hydrogens is 430 g/mol. The SMILES string of the molecule is O=C(C=Cc1ccc2c(c1)CCC2N(CCc1c[nH]c2ccccc12)Cc1cccs1)NO. The number of para-hydroxylation sites is 1. The largest absolute Gasteiger partial charge is 0.361 e.